The fourth-order valence-corrected chi connectivity index (χ4v) is 1.85. The molecule has 16 heavy (non-hydrogen) atoms. The molecule has 2 rings (SSSR count). The highest BCUT2D eigenvalue weighted by Gasteiger charge is 2.04. The number of benzene rings is 1. The molecule has 0 spiro atoms. The predicted octanol–water partition coefficient (Wildman–Crippen LogP) is 3.20. The van der Waals surface area contributed by atoms with Crippen molar-refractivity contribution < 1.29 is 0 Å². The summed E-state index contributed by atoms with van der Waals surface area (Å²) >= 11 is 0. The van der Waals surface area contributed by atoms with Crippen molar-refractivity contribution in [1.82, 2.24) is 4.98 Å². The van der Waals surface area contributed by atoms with Gasteiger partial charge >= 0.3 is 0 Å². The van der Waals surface area contributed by atoms with Gasteiger partial charge in [-0.25, -0.2) is 0 Å². The number of nitrogen functional groups attached to an aromatic ring is 1. The van der Waals surface area contributed by atoms with Gasteiger partial charge < -0.3 is 5.73 Å². The van der Waals surface area contributed by atoms with Crippen LogP contribution in [0.3, 0.4) is 0 Å². The molecule has 2 N–H and O–H groups in total. The highest BCUT2D eigenvalue weighted by Crippen LogP contribution is 2.25. The van der Waals surface area contributed by atoms with Crippen LogP contribution in [0.15, 0.2) is 36.7 Å². The second-order valence-corrected chi connectivity index (χ2v) is 3.96. The van der Waals surface area contributed by atoms with Gasteiger partial charge in [-0.2, -0.15) is 0 Å². The van der Waals surface area contributed by atoms with Crippen molar-refractivity contribution in [2.24, 2.45) is 0 Å². The van der Waals surface area contributed by atoms with E-state index in [2.05, 4.69) is 31.0 Å². The van der Waals surface area contributed by atoms with E-state index in [9.17, 15) is 0 Å². The van der Waals surface area contributed by atoms with Crippen molar-refractivity contribution in [3.05, 3.63) is 47.8 Å². The van der Waals surface area contributed by atoms with Gasteiger partial charge in [-0.15, -0.1) is 0 Å². The van der Waals surface area contributed by atoms with Crippen LogP contribution < -0.4 is 5.73 Å². The average molecular weight is 212 g/mol. The van der Waals surface area contributed by atoms with Crippen LogP contribution in [0.25, 0.3) is 11.1 Å². The van der Waals surface area contributed by atoms with Crippen molar-refractivity contribution in [3.8, 4) is 11.1 Å². The van der Waals surface area contributed by atoms with Gasteiger partial charge in [0.15, 0.2) is 0 Å². The minimum absolute atomic E-state index is 0.868. The van der Waals surface area contributed by atoms with Gasteiger partial charge in [0.1, 0.15) is 0 Å². The van der Waals surface area contributed by atoms with Gasteiger partial charge in [0.25, 0.3) is 0 Å². The molecule has 0 amide bonds. The first-order valence-corrected chi connectivity index (χ1v) is 5.51. The molecule has 2 heteroatoms. The lowest BCUT2D eigenvalue weighted by Gasteiger charge is -2.08. The lowest BCUT2D eigenvalue weighted by Crippen LogP contribution is -1.94. The van der Waals surface area contributed by atoms with Gasteiger partial charge in [0.05, 0.1) is 0 Å². The number of hydrogen-bond acceptors (Lipinski definition) is 2. The second-order valence-electron chi connectivity index (χ2n) is 3.96. The summed E-state index contributed by atoms with van der Waals surface area (Å²) in [5.41, 5.74) is 11.6. The molecule has 0 bridgehead atoms. The SMILES string of the molecule is CCc1cc(-c2cnccc2C)ccc1N. The molecule has 0 atom stereocenters. The van der Waals surface area contributed by atoms with E-state index in [1.54, 1.807) is 0 Å². The summed E-state index contributed by atoms with van der Waals surface area (Å²) in [6.45, 7) is 4.21. The van der Waals surface area contributed by atoms with Gasteiger partial charge in [0, 0.05) is 23.6 Å². The maximum atomic E-state index is 5.90. The summed E-state index contributed by atoms with van der Waals surface area (Å²) < 4.78 is 0. The Labute approximate surface area is 96.1 Å². The van der Waals surface area contributed by atoms with Gasteiger partial charge in [-0.05, 0) is 48.2 Å². The van der Waals surface area contributed by atoms with Crippen molar-refractivity contribution in [2.75, 3.05) is 5.73 Å². The van der Waals surface area contributed by atoms with Crippen LogP contribution in [-0.4, -0.2) is 4.98 Å². The standard InChI is InChI=1S/C14H16N2/c1-3-11-8-12(4-5-14(11)15)13-9-16-7-6-10(13)2/h4-9H,3,15H2,1-2H3. The van der Waals surface area contributed by atoms with Crippen LogP contribution in [-0.2, 0) is 6.42 Å². The summed E-state index contributed by atoms with van der Waals surface area (Å²) in [6, 6.07) is 8.20. The molecule has 0 radical (unpaired) electrons. The first-order valence-electron chi connectivity index (χ1n) is 5.51. The molecule has 1 aromatic heterocycles. The first-order chi connectivity index (χ1) is 7.72. The third kappa shape index (κ3) is 1.91. The Morgan fingerprint density at radius 2 is 2.06 bits per heavy atom. The fourth-order valence-electron chi connectivity index (χ4n) is 1.85. The Kier molecular flexibility index (Phi) is 2.91. The van der Waals surface area contributed by atoms with E-state index in [0.29, 0.717) is 0 Å². The molecule has 0 unspecified atom stereocenters. The van der Waals surface area contributed by atoms with Crippen molar-refractivity contribution in [3.63, 3.8) is 0 Å². The monoisotopic (exact) mass is 212 g/mol. The highest BCUT2D eigenvalue weighted by molar-refractivity contribution is 5.69. The number of nitrogens with two attached hydrogens (primary N) is 1. The summed E-state index contributed by atoms with van der Waals surface area (Å²) in [5, 5.41) is 0. The minimum Gasteiger partial charge on any atom is -0.399 e. The summed E-state index contributed by atoms with van der Waals surface area (Å²) in [7, 11) is 0. The lowest BCUT2D eigenvalue weighted by molar-refractivity contribution is 1.14. The Morgan fingerprint density at radius 3 is 2.75 bits per heavy atom. The normalized spacial score (nSPS) is 10.4. The van der Waals surface area contributed by atoms with Crippen molar-refractivity contribution in [1.29, 1.82) is 0 Å². The molecule has 0 aliphatic rings. The molecule has 0 saturated heterocycles. The number of hydrogen-bond donors (Lipinski definition) is 1. The molecule has 2 nitrogen and oxygen atoms in total. The van der Waals surface area contributed by atoms with Crippen molar-refractivity contribution >= 4 is 5.69 Å². The zero-order chi connectivity index (χ0) is 11.5. The lowest BCUT2D eigenvalue weighted by atomic mass is 9.99. The smallest absolute Gasteiger partial charge is 0.0349 e. The topological polar surface area (TPSA) is 38.9 Å². The molecule has 2 aromatic rings. The number of pyridine rings is 1. The average Bonchev–Trinajstić information content (AvgIpc) is 2.31. The maximum Gasteiger partial charge on any atom is 0.0349 e. The first kappa shape index (κ1) is 10.7. The molecule has 82 valence electrons. The molecule has 1 heterocycles. The minimum atomic E-state index is 0.868. The predicted molar refractivity (Wildman–Crippen MR) is 68.2 cm³/mol. The van der Waals surface area contributed by atoms with E-state index < -0.39 is 0 Å². The maximum absolute atomic E-state index is 5.90. The highest BCUT2D eigenvalue weighted by atomic mass is 14.6. The molecule has 1 aromatic carbocycles. The quantitative estimate of drug-likeness (QED) is 0.776. The van der Waals surface area contributed by atoms with Crippen LogP contribution in [0.4, 0.5) is 5.69 Å². The molecule has 0 aliphatic carbocycles. The molecule has 0 aliphatic heterocycles. The second kappa shape index (κ2) is 4.35. The Hall–Kier alpha value is -1.83. The summed E-state index contributed by atoms with van der Waals surface area (Å²) in [5.74, 6) is 0. The van der Waals surface area contributed by atoms with Gasteiger partial charge in [0.2, 0.25) is 0 Å². The van der Waals surface area contributed by atoms with E-state index >= 15 is 0 Å². The largest absolute Gasteiger partial charge is 0.399 e. The molecular formula is C14H16N2. The van der Waals surface area contributed by atoms with E-state index in [-0.39, 0.29) is 0 Å². The molecule has 0 saturated carbocycles. The van der Waals surface area contributed by atoms with Gasteiger partial charge in [-0.3, -0.25) is 4.98 Å². The van der Waals surface area contributed by atoms with Crippen LogP contribution in [0.5, 0.6) is 0 Å². The van der Waals surface area contributed by atoms with Crippen LogP contribution >= 0.6 is 0 Å². The van der Waals surface area contributed by atoms with Gasteiger partial charge in [-0.1, -0.05) is 13.0 Å². The molecular weight excluding hydrogens is 196 g/mol. The van der Waals surface area contributed by atoms with E-state index in [1.165, 1.54) is 22.3 Å². The number of rotatable bonds is 2. The van der Waals surface area contributed by atoms with Crippen LogP contribution in [0.2, 0.25) is 0 Å². The zero-order valence-corrected chi connectivity index (χ0v) is 9.70. The number of aromatic nitrogens is 1. The summed E-state index contributed by atoms with van der Waals surface area (Å²) in [6.07, 6.45) is 4.68. The Balaban J connectivity index is 2.53. The molecule has 0 fully saturated rings. The van der Waals surface area contributed by atoms with Crippen LogP contribution in [0.1, 0.15) is 18.1 Å². The number of aryl methyl sites for hydroxylation is 2. The number of nitrogens with zero attached hydrogens (tertiary/aromatic N) is 1. The summed E-state index contributed by atoms with van der Waals surface area (Å²) in [4.78, 5) is 4.17. The Bertz CT molecular complexity index is 504. The third-order valence-electron chi connectivity index (χ3n) is 2.87. The number of anilines is 1. The van der Waals surface area contributed by atoms with E-state index in [4.69, 9.17) is 5.73 Å². The Morgan fingerprint density at radius 1 is 1.25 bits per heavy atom. The van der Waals surface area contributed by atoms with Crippen LogP contribution in [0, 0.1) is 6.92 Å². The van der Waals surface area contributed by atoms with E-state index in [1.807, 2.05) is 24.5 Å². The van der Waals surface area contributed by atoms with E-state index in [0.717, 1.165) is 12.1 Å². The van der Waals surface area contributed by atoms with Crippen molar-refractivity contribution in [2.45, 2.75) is 20.3 Å². The zero-order valence-electron chi connectivity index (χ0n) is 9.70. The fraction of sp³-hybridized carbons (Fsp3) is 0.214. The third-order valence-corrected chi connectivity index (χ3v) is 2.87.